The molecule has 2 heterocycles. The summed E-state index contributed by atoms with van der Waals surface area (Å²) in [5.41, 5.74) is 1.39. The molecule has 4 rings (SSSR count). The highest BCUT2D eigenvalue weighted by Crippen LogP contribution is 2.31. The first kappa shape index (κ1) is 30.1. The van der Waals surface area contributed by atoms with Crippen LogP contribution in [0, 0.1) is 5.92 Å². The Morgan fingerprint density at radius 1 is 1.23 bits per heavy atom. The van der Waals surface area contributed by atoms with Gasteiger partial charge in [-0.05, 0) is 49.9 Å². The Balaban J connectivity index is 1.62. The van der Waals surface area contributed by atoms with Crippen LogP contribution in [0.25, 0.3) is 0 Å². The molecule has 0 fully saturated rings. The number of hydrogen-bond acceptors (Lipinski definition) is 7. The summed E-state index contributed by atoms with van der Waals surface area (Å²) in [4.78, 5) is 21.3. The summed E-state index contributed by atoms with van der Waals surface area (Å²) in [6.07, 6.45) is 2.46. The number of likely N-dealkylation sites (N-methyl/N-ethyl adjacent to an activating group) is 1. The van der Waals surface area contributed by atoms with Gasteiger partial charge >= 0.3 is 0 Å². The molecule has 3 atom stereocenters. The van der Waals surface area contributed by atoms with Gasteiger partial charge < -0.3 is 19.3 Å². The summed E-state index contributed by atoms with van der Waals surface area (Å²) < 4.78 is 36.1. The van der Waals surface area contributed by atoms with Gasteiger partial charge in [0.25, 0.3) is 15.9 Å². The van der Waals surface area contributed by atoms with Crippen molar-refractivity contribution in [2.24, 2.45) is 13.0 Å². The number of aryl methyl sites for hydroxylation is 1. The molecule has 1 aliphatic rings. The van der Waals surface area contributed by atoms with E-state index < -0.39 is 16.1 Å². The average molecular weight is 611 g/mol. The molecule has 1 aliphatic heterocycles. The van der Waals surface area contributed by atoms with Gasteiger partial charge in [0.15, 0.2) is 5.03 Å². The first-order valence-electron chi connectivity index (χ1n) is 12.7. The van der Waals surface area contributed by atoms with Gasteiger partial charge in [0.05, 0.1) is 34.6 Å². The lowest BCUT2D eigenvalue weighted by atomic mass is 9.99. The molecule has 0 unspecified atom stereocenters. The van der Waals surface area contributed by atoms with E-state index in [1.165, 1.54) is 23.2 Å². The van der Waals surface area contributed by atoms with Gasteiger partial charge in [-0.1, -0.05) is 36.2 Å². The maximum Gasteiger partial charge on any atom is 0.280 e. The van der Waals surface area contributed by atoms with Crippen LogP contribution in [-0.4, -0.2) is 77.7 Å². The Morgan fingerprint density at radius 3 is 2.62 bits per heavy atom. The molecule has 3 aromatic rings. The number of rotatable bonds is 9. The maximum absolute atomic E-state index is 13.7. The van der Waals surface area contributed by atoms with Crippen LogP contribution in [0.15, 0.2) is 53.9 Å². The molecule has 1 aromatic heterocycles. The standard InChI is InChI=1S/C27H33Cl2N5O5S/c1-17-11-34(18(2)15-35)27(36)21-10-20(31-40(37,38)26-14-33(4)16-30-26)6-8-24(21)39-25(17)13-32(3)12-19-5-7-22(28)23(29)9-19/h5-10,14,16-18,25,31,35H,11-13,15H2,1-4H3/t17-,18+,25-/m0/s1. The quantitative estimate of drug-likeness (QED) is 0.378. The van der Waals surface area contributed by atoms with Crippen molar-refractivity contribution in [1.82, 2.24) is 19.4 Å². The molecule has 216 valence electrons. The van der Waals surface area contributed by atoms with Gasteiger partial charge in [-0.2, -0.15) is 8.42 Å². The van der Waals surface area contributed by atoms with Crippen molar-refractivity contribution in [3.63, 3.8) is 0 Å². The van der Waals surface area contributed by atoms with Gasteiger partial charge in [-0.25, -0.2) is 4.98 Å². The lowest BCUT2D eigenvalue weighted by Crippen LogP contribution is -2.49. The van der Waals surface area contributed by atoms with Gasteiger partial charge in [0.1, 0.15) is 11.9 Å². The Morgan fingerprint density at radius 2 is 1.98 bits per heavy atom. The molecule has 2 aromatic carbocycles. The minimum absolute atomic E-state index is 0.0790. The Labute approximate surface area is 244 Å². The Kier molecular flexibility index (Phi) is 9.31. The highest BCUT2D eigenvalue weighted by atomic mass is 35.5. The lowest BCUT2D eigenvalue weighted by Gasteiger charge is -2.38. The third kappa shape index (κ3) is 6.90. The molecule has 0 bridgehead atoms. The number of hydrogen-bond donors (Lipinski definition) is 2. The van der Waals surface area contributed by atoms with Crippen molar-refractivity contribution in [2.45, 2.75) is 37.6 Å². The van der Waals surface area contributed by atoms with E-state index in [9.17, 15) is 18.3 Å². The number of fused-ring (bicyclic) bond motifs is 1. The number of amides is 1. The van der Waals surface area contributed by atoms with Crippen LogP contribution >= 0.6 is 23.2 Å². The van der Waals surface area contributed by atoms with Crippen molar-refractivity contribution >= 4 is 44.8 Å². The van der Waals surface area contributed by atoms with E-state index in [2.05, 4.69) is 14.6 Å². The van der Waals surface area contributed by atoms with E-state index in [-0.39, 0.29) is 40.8 Å². The SMILES string of the molecule is C[C@H](CO)N1C[C@H](C)[C@H](CN(C)Cc2ccc(Cl)c(Cl)c2)Oc2ccc(NS(=O)(=O)c3cn(C)cn3)cc2C1=O. The van der Waals surface area contributed by atoms with E-state index in [0.717, 1.165) is 5.56 Å². The van der Waals surface area contributed by atoms with E-state index in [1.807, 2.05) is 26.1 Å². The van der Waals surface area contributed by atoms with Crippen molar-refractivity contribution in [3.8, 4) is 5.75 Å². The molecular weight excluding hydrogens is 577 g/mol. The molecule has 0 radical (unpaired) electrons. The number of nitrogens with zero attached hydrogens (tertiary/aromatic N) is 4. The normalized spacial score (nSPS) is 18.6. The second kappa shape index (κ2) is 12.4. The third-order valence-corrected chi connectivity index (χ3v) is 8.81. The molecule has 0 spiro atoms. The van der Waals surface area contributed by atoms with Crippen LogP contribution in [0.1, 0.15) is 29.8 Å². The number of ether oxygens (including phenoxy) is 1. The van der Waals surface area contributed by atoms with Crippen molar-refractivity contribution < 1.29 is 23.1 Å². The zero-order valence-corrected chi connectivity index (χ0v) is 25.0. The number of benzene rings is 2. The molecule has 2 N–H and O–H groups in total. The highest BCUT2D eigenvalue weighted by Gasteiger charge is 2.34. The predicted octanol–water partition coefficient (Wildman–Crippen LogP) is 3.88. The number of nitrogens with one attached hydrogen (secondary N) is 1. The van der Waals surface area contributed by atoms with Crippen LogP contribution in [0.5, 0.6) is 5.75 Å². The molecule has 0 saturated heterocycles. The highest BCUT2D eigenvalue weighted by molar-refractivity contribution is 7.92. The zero-order chi connectivity index (χ0) is 29.2. The number of anilines is 1. The number of carbonyl (C=O) groups excluding carboxylic acids is 1. The second-order valence-electron chi connectivity index (χ2n) is 10.3. The number of halogens is 2. The second-order valence-corrected chi connectivity index (χ2v) is 12.7. The largest absolute Gasteiger partial charge is 0.488 e. The molecule has 13 heteroatoms. The lowest BCUT2D eigenvalue weighted by molar-refractivity contribution is 0.0341. The number of sulfonamides is 1. The Bertz CT molecular complexity index is 1480. The van der Waals surface area contributed by atoms with E-state index in [0.29, 0.717) is 35.4 Å². The molecule has 10 nitrogen and oxygen atoms in total. The summed E-state index contributed by atoms with van der Waals surface area (Å²) in [6.45, 7) is 5.02. The monoisotopic (exact) mass is 609 g/mol. The first-order valence-corrected chi connectivity index (χ1v) is 15.0. The predicted molar refractivity (Wildman–Crippen MR) is 154 cm³/mol. The van der Waals surface area contributed by atoms with Crippen molar-refractivity contribution in [2.75, 3.05) is 31.5 Å². The first-order chi connectivity index (χ1) is 18.9. The van der Waals surface area contributed by atoms with Crippen LogP contribution < -0.4 is 9.46 Å². The zero-order valence-electron chi connectivity index (χ0n) is 22.7. The smallest absolute Gasteiger partial charge is 0.280 e. The summed E-state index contributed by atoms with van der Waals surface area (Å²) in [6, 6.07) is 9.66. The average Bonchev–Trinajstić information content (AvgIpc) is 3.35. The third-order valence-electron chi connectivity index (χ3n) is 6.80. The molecule has 0 aliphatic carbocycles. The topological polar surface area (TPSA) is 117 Å². The number of aliphatic hydroxyl groups excluding tert-OH is 1. The fraction of sp³-hybridized carbons (Fsp3) is 0.407. The fourth-order valence-corrected chi connectivity index (χ4v) is 5.91. The van der Waals surface area contributed by atoms with Crippen LogP contribution in [0.4, 0.5) is 5.69 Å². The van der Waals surface area contributed by atoms with Crippen LogP contribution in [0.3, 0.4) is 0 Å². The molecule has 40 heavy (non-hydrogen) atoms. The fourth-order valence-electron chi connectivity index (χ4n) is 4.56. The van der Waals surface area contributed by atoms with Gasteiger partial charge in [-0.3, -0.25) is 14.4 Å². The number of aliphatic hydroxyl groups is 1. The van der Waals surface area contributed by atoms with Crippen molar-refractivity contribution in [1.29, 1.82) is 0 Å². The van der Waals surface area contributed by atoms with Crippen LogP contribution in [0.2, 0.25) is 10.0 Å². The number of aromatic nitrogens is 2. The summed E-state index contributed by atoms with van der Waals surface area (Å²) in [5, 5.41) is 10.7. The number of carbonyl (C=O) groups is 1. The van der Waals surface area contributed by atoms with Gasteiger partial charge in [0, 0.05) is 44.5 Å². The van der Waals surface area contributed by atoms with Crippen LogP contribution in [-0.2, 0) is 23.6 Å². The minimum atomic E-state index is -3.97. The van der Waals surface area contributed by atoms with E-state index in [4.69, 9.17) is 27.9 Å². The Hall–Kier alpha value is -2.83. The molecule has 0 saturated carbocycles. The van der Waals surface area contributed by atoms with E-state index in [1.54, 1.807) is 37.1 Å². The maximum atomic E-state index is 13.7. The molecular formula is C27H33Cl2N5O5S. The summed E-state index contributed by atoms with van der Waals surface area (Å²) >= 11 is 12.2. The minimum Gasteiger partial charge on any atom is -0.488 e. The summed E-state index contributed by atoms with van der Waals surface area (Å²) in [7, 11) is -0.335. The number of imidazole rings is 1. The van der Waals surface area contributed by atoms with Gasteiger partial charge in [0.2, 0.25) is 0 Å². The summed E-state index contributed by atoms with van der Waals surface area (Å²) in [5.74, 6) is -0.102. The molecule has 1 amide bonds. The van der Waals surface area contributed by atoms with Gasteiger partial charge in [-0.15, -0.1) is 0 Å². The van der Waals surface area contributed by atoms with E-state index >= 15 is 0 Å². The van der Waals surface area contributed by atoms with Crippen molar-refractivity contribution in [3.05, 3.63) is 70.1 Å².